The fourth-order valence-electron chi connectivity index (χ4n) is 7.71. The van der Waals surface area contributed by atoms with Gasteiger partial charge in [-0.2, -0.15) is 0 Å². The Labute approximate surface area is 326 Å². The van der Waals surface area contributed by atoms with E-state index in [-0.39, 0.29) is 0 Å². The molecule has 0 spiro atoms. The van der Waals surface area contributed by atoms with Crippen molar-refractivity contribution in [3.8, 4) is 0 Å². The lowest BCUT2D eigenvalue weighted by molar-refractivity contribution is -0.379. The number of fused-ring (bicyclic) bond motifs is 2. The molecular weight excluding hydrogens is 770 g/mol. The standard InChI is InChI=1S/C34H53N3O20/c1-10-22(45)28-30(51-16(7)44)34(48-10)55-27-21(37-14(5)42)32(52-17(8-38)23(27)46)54-26-18(9-39)53-33(57-28)24(47)29(26)56-31-20(36-13(4)41)19(35-12(3)40)25(11(2)49-31)50-15(6)43/h10-11,17-34,38-39,45-47H,8-9H2,1-7H3,(H,35,40)(H,36,41)(H,37,42)/t10-,11+,17+,18+,19+,20-,21+,22+,23+,24+,25+,26+,27+,28+,29+,30+,31-,32-,33?,34-/m0/s1. The average Bonchev–Trinajstić information content (AvgIpc) is 3.12. The van der Waals surface area contributed by atoms with E-state index in [2.05, 4.69) is 16.0 Å². The summed E-state index contributed by atoms with van der Waals surface area (Å²) < 4.78 is 60.2. The zero-order valence-electron chi connectivity index (χ0n) is 32.3. The van der Waals surface area contributed by atoms with Crippen LogP contribution in [0.15, 0.2) is 0 Å². The molecule has 6 saturated heterocycles. The van der Waals surface area contributed by atoms with Crippen molar-refractivity contribution in [2.75, 3.05) is 13.2 Å². The summed E-state index contributed by atoms with van der Waals surface area (Å²) in [5, 5.41) is 63.8. The van der Waals surface area contributed by atoms with E-state index in [1.165, 1.54) is 27.7 Å². The van der Waals surface area contributed by atoms with Gasteiger partial charge in [0.2, 0.25) is 17.7 Å². The fraction of sp³-hybridized carbons (Fsp3) is 0.853. The number of ether oxygens (including phenoxy) is 10. The first kappa shape index (κ1) is 44.9. The number of nitrogens with one attached hydrogen (secondary N) is 3. The summed E-state index contributed by atoms with van der Waals surface area (Å²) in [4.78, 5) is 62.3. The molecule has 0 aromatic carbocycles. The molecule has 6 fully saturated rings. The number of aliphatic hydroxyl groups excluding tert-OH is 5. The SMILES string of the molecule is CC(=O)N[C@@H]1[C@H](O[C@H]2[C@@H]3O[C@@H]4O[C@H](CO)[C@@H](O)[C@H](O[C@@H]5O[C@@H](C)[C@@H](O)[C@@H](OC(O[C@@H]3CO)[C@@H]2O)[C@H]5OC(C)=O)[C@H]4NC(C)=O)O[C@H](C)[C@@H](OC(C)=O)[C@@H]1NC(C)=O. The van der Waals surface area contributed by atoms with E-state index >= 15 is 0 Å². The number of carbonyl (C=O) groups is 5. The van der Waals surface area contributed by atoms with Gasteiger partial charge >= 0.3 is 11.9 Å². The summed E-state index contributed by atoms with van der Waals surface area (Å²) in [6, 6.07) is -3.97. The van der Waals surface area contributed by atoms with Crippen LogP contribution in [0.3, 0.4) is 0 Å². The molecule has 8 N–H and O–H groups in total. The Balaban J connectivity index is 1.66. The summed E-state index contributed by atoms with van der Waals surface area (Å²) in [5.41, 5.74) is 0. The first-order valence-corrected chi connectivity index (χ1v) is 18.5. The van der Waals surface area contributed by atoms with Gasteiger partial charge in [0.25, 0.3) is 0 Å². The highest BCUT2D eigenvalue weighted by atomic mass is 16.8. The van der Waals surface area contributed by atoms with Gasteiger partial charge < -0.3 is 88.9 Å². The zero-order valence-corrected chi connectivity index (χ0v) is 32.3. The maximum absolute atomic E-state index is 12.7. The number of rotatable bonds is 9. The molecular formula is C34H53N3O20. The van der Waals surface area contributed by atoms with Crippen LogP contribution in [-0.4, -0.2) is 191 Å². The van der Waals surface area contributed by atoms with Crippen molar-refractivity contribution in [3.63, 3.8) is 0 Å². The van der Waals surface area contributed by atoms with Crippen molar-refractivity contribution in [1.29, 1.82) is 0 Å². The second-order valence-electron chi connectivity index (χ2n) is 14.6. The highest BCUT2D eigenvalue weighted by Crippen LogP contribution is 2.38. The molecule has 6 bridgehead atoms. The minimum Gasteiger partial charge on any atom is -0.458 e. The molecule has 1 unspecified atom stereocenters. The van der Waals surface area contributed by atoms with Crippen LogP contribution >= 0.6 is 0 Å². The molecule has 6 heterocycles. The van der Waals surface area contributed by atoms with Gasteiger partial charge in [0.1, 0.15) is 73.1 Å². The van der Waals surface area contributed by atoms with Crippen LogP contribution in [0, 0.1) is 0 Å². The van der Waals surface area contributed by atoms with Crippen molar-refractivity contribution in [1.82, 2.24) is 16.0 Å². The maximum Gasteiger partial charge on any atom is 0.303 e. The summed E-state index contributed by atoms with van der Waals surface area (Å²) in [7, 11) is 0. The summed E-state index contributed by atoms with van der Waals surface area (Å²) in [5.74, 6) is -3.48. The van der Waals surface area contributed by atoms with Crippen molar-refractivity contribution in [3.05, 3.63) is 0 Å². The van der Waals surface area contributed by atoms with Gasteiger partial charge in [-0.05, 0) is 13.8 Å². The molecule has 6 aliphatic rings. The van der Waals surface area contributed by atoms with E-state index in [1.807, 2.05) is 0 Å². The molecule has 57 heavy (non-hydrogen) atoms. The monoisotopic (exact) mass is 823 g/mol. The van der Waals surface area contributed by atoms with Crippen LogP contribution in [0.5, 0.6) is 0 Å². The normalized spacial score (nSPS) is 44.6. The number of amides is 3. The molecule has 324 valence electrons. The van der Waals surface area contributed by atoms with Crippen LogP contribution in [0.2, 0.25) is 0 Å². The second-order valence-corrected chi connectivity index (χ2v) is 14.6. The van der Waals surface area contributed by atoms with Gasteiger partial charge in [0, 0.05) is 34.6 Å². The van der Waals surface area contributed by atoms with Crippen LogP contribution < -0.4 is 16.0 Å². The molecule has 0 aromatic rings. The molecule has 0 aromatic heterocycles. The molecule has 6 rings (SSSR count). The Morgan fingerprint density at radius 2 is 1.04 bits per heavy atom. The summed E-state index contributed by atoms with van der Waals surface area (Å²) in [6.45, 7) is 6.97. The first-order chi connectivity index (χ1) is 26.8. The summed E-state index contributed by atoms with van der Waals surface area (Å²) >= 11 is 0. The molecule has 0 aliphatic carbocycles. The fourth-order valence-corrected chi connectivity index (χ4v) is 7.71. The van der Waals surface area contributed by atoms with Gasteiger partial charge in [0.05, 0.1) is 31.5 Å². The van der Waals surface area contributed by atoms with Gasteiger partial charge in [-0.15, -0.1) is 0 Å². The number of hydrogen-bond acceptors (Lipinski definition) is 20. The third kappa shape index (κ3) is 10.0. The molecule has 0 saturated carbocycles. The quantitative estimate of drug-likeness (QED) is 0.101. The highest BCUT2D eigenvalue weighted by Gasteiger charge is 2.59. The minimum atomic E-state index is -1.96. The zero-order chi connectivity index (χ0) is 42.0. The molecule has 23 heteroatoms. The van der Waals surface area contributed by atoms with E-state index in [0.717, 1.165) is 20.8 Å². The molecule has 23 nitrogen and oxygen atoms in total. The molecule has 0 radical (unpaired) electrons. The smallest absolute Gasteiger partial charge is 0.303 e. The predicted octanol–water partition coefficient (Wildman–Crippen LogP) is -5.08. The van der Waals surface area contributed by atoms with E-state index in [1.54, 1.807) is 0 Å². The van der Waals surface area contributed by atoms with E-state index in [0.29, 0.717) is 0 Å². The predicted molar refractivity (Wildman–Crippen MR) is 182 cm³/mol. The molecule has 3 amide bonds. The van der Waals surface area contributed by atoms with Crippen LogP contribution in [-0.2, 0) is 71.3 Å². The molecule has 6 aliphatic heterocycles. The molecule has 20 atom stereocenters. The number of carbonyl (C=O) groups excluding carboxylic acids is 5. The average molecular weight is 824 g/mol. The lowest BCUT2D eigenvalue weighted by Crippen LogP contribution is -2.71. The van der Waals surface area contributed by atoms with Gasteiger partial charge in [-0.3, -0.25) is 24.0 Å². The van der Waals surface area contributed by atoms with Crippen LogP contribution in [0.4, 0.5) is 0 Å². The van der Waals surface area contributed by atoms with E-state index < -0.39 is 166 Å². The Kier molecular flexibility index (Phi) is 14.8. The summed E-state index contributed by atoms with van der Waals surface area (Å²) in [6.07, 6.45) is -26.4. The van der Waals surface area contributed by atoms with Gasteiger partial charge in [-0.25, -0.2) is 0 Å². The maximum atomic E-state index is 12.7. The highest BCUT2D eigenvalue weighted by molar-refractivity contribution is 5.75. The Morgan fingerprint density at radius 3 is 1.61 bits per heavy atom. The minimum absolute atomic E-state index is 0.576. The Morgan fingerprint density at radius 1 is 0.509 bits per heavy atom. The van der Waals surface area contributed by atoms with E-state index in [4.69, 9.17) is 47.4 Å². The van der Waals surface area contributed by atoms with Crippen molar-refractivity contribution >= 4 is 29.7 Å². The van der Waals surface area contributed by atoms with Gasteiger partial charge in [0.15, 0.2) is 31.3 Å². The van der Waals surface area contributed by atoms with Gasteiger partial charge in [-0.1, -0.05) is 0 Å². The number of esters is 2. The largest absolute Gasteiger partial charge is 0.458 e. The van der Waals surface area contributed by atoms with Crippen LogP contribution in [0.25, 0.3) is 0 Å². The second kappa shape index (κ2) is 18.8. The third-order valence-electron chi connectivity index (χ3n) is 10.1. The van der Waals surface area contributed by atoms with Crippen molar-refractivity contribution in [2.45, 2.75) is 171 Å². The third-order valence-corrected chi connectivity index (χ3v) is 10.1. The lowest BCUT2D eigenvalue weighted by Gasteiger charge is -2.51. The Bertz CT molecular complexity index is 1460. The van der Waals surface area contributed by atoms with Crippen molar-refractivity contribution < 1.29 is 96.9 Å². The number of aliphatic hydroxyl groups is 5. The van der Waals surface area contributed by atoms with Crippen molar-refractivity contribution in [2.24, 2.45) is 0 Å². The Hall–Kier alpha value is -3.17. The first-order valence-electron chi connectivity index (χ1n) is 18.5. The van der Waals surface area contributed by atoms with E-state index in [9.17, 15) is 49.5 Å². The lowest BCUT2D eigenvalue weighted by atomic mass is 9.92. The number of hydrogen-bond donors (Lipinski definition) is 8. The topological polar surface area (TPSA) is 315 Å². The van der Waals surface area contributed by atoms with Crippen LogP contribution in [0.1, 0.15) is 48.5 Å².